The molecule has 3 aromatic rings. The summed E-state index contributed by atoms with van der Waals surface area (Å²) < 4.78 is 1.52. The predicted molar refractivity (Wildman–Crippen MR) is 78.8 cm³/mol. The monoisotopic (exact) mass is 266 g/mol. The van der Waals surface area contributed by atoms with Gasteiger partial charge >= 0.3 is 0 Å². The van der Waals surface area contributed by atoms with Crippen LogP contribution in [0.4, 0.5) is 0 Å². The highest BCUT2D eigenvalue weighted by atomic mass is 16.3. The molecular formula is C16H14N2O2. The van der Waals surface area contributed by atoms with Gasteiger partial charge in [-0.05, 0) is 18.6 Å². The minimum atomic E-state index is -0.174. The molecule has 1 N–H and O–H groups in total. The van der Waals surface area contributed by atoms with Gasteiger partial charge in [0.2, 0.25) is 0 Å². The first kappa shape index (κ1) is 12.4. The molecule has 0 spiro atoms. The van der Waals surface area contributed by atoms with E-state index in [1.165, 1.54) is 4.57 Å². The van der Waals surface area contributed by atoms with Crippen molar-refractivity contribution in [2.75, 3.05) is 0 Å². The molecule has 0 amide bonds. The second kappa shape index (κ2) is 4.49. The van der Waals surface area contributed by atoms with E-state index >= 15 is 0 Å². The number of hydrogen-bond acceptors (Lipinski definition) is 3. The van der Waals surface area contributed by atoms with Crippen LogP contribution in [0.25, 0.3) is 22.3 Å². The van der Waals surface area contributed by atoms with Gasteiger partial charge in [-0.3, -0.25) is 4.79 Å². The Morgan fingerprint density at radius 3 is 2.55 bits per heavy atom. The largest absolute Gasteiger partial charge is 0.508 e. The highest BCUT2D eigenvalue weighted by Gasteiger charge is 2.11. The number of aromatic nitrogens is 2. The van der Waals surface area contributed by atoms with Gasteiger partial charge in [-0.1, -0.05) is 30.3 Å². The van der Waals surface area contributed by atoms with Crippen molar-refractivity contribution in [1.82, 2.24) is 9.55 Å². The molecular weight excluding hydrogens is 252 g/mol. The van der Waals surface area contributed by atoms with E-state index in [0.717, 1.165) is 11.1 Å². The van der Waals surface area contributed by atoms with Crippen molar-refractivity contribution in [3.8, 4) is 17.0 Å². The molecule has 0 atom stereocenters. The summed E-state index contributed by atoms with van der Waals surface area (Å²) in [5, 5.41) is 9.78. The first-order valence-corrected chi connectivity index (χ1v) is 6.33. The smallest absolute Gasteiger partial charge is 0.277 e. The Labute approximate surface area is 116 Å². The molecule has 2 aromatic carbocycles. The van der Waals surface area contributed by atoms with Crippen molar-refractivity contribution >= 4 is 11.0 Å². The Hall–Kier alpha value is -2.62. The van der Waals surface area contributed by atoms with Gasteiger partial charge in [0, 0.05) is 18.7 Å². The van der Waals surface area contributed by atoms with E-state index in [1.54, 1.807) is 19.2 Å². The van der Waals surface area contributed by atoms with Gasteiger partial charge in [-0.25, -0.2) is 4.98 Å². The van der Waals surface area contributed by atoms with Crippen LogP contribution in [-0.4, -0.2) is 14.7 Å². The number of fused-ring (bicyclic) bond motifs is 1. The minimum absolute atomic E-state index is 0.168. The summed E-state index contributed by atoms with van der Waals surface area (Å²) in [6.45, 7) is 1.81. The average Bonchev–Trinajstić information content (AvgIpc) is 2.46. The normalized spacial score (nSPS) is 10.9. The SMILES string of the molecule is Cc1cc2nc(-c3ccccc3)c(=O)n(C)c2cc1O. The highest BCUT2D eigenvalue weighted by molar-refractivity contribution is 5.80. The first-order valence-electron chi connectivity index (χ1n) is 6.33. The Balaban J connectivity index is 2.39. The summed E-state index contributed by atoms with van der Waals surface area (Å²) in [7, 11) is 1.69. The highest BCUT2D eigenvalue weighted by Crippen LogP contribution is 2.23. The van der Waals surface area contributed by atoms with Crippen LogP contribution in [0.15, 0.2) is 47.3 Å². The number of hydrogen-bond donors (Lipinski definition) is 1. The van der Waals surface area contributed by atoms with Crippen molar-refractivity contribution in [1.29, 1.82) is 0 Å². The molecule has 0 bridgehead atoms. The Bertz CT molecular complexity index is 852. The lowest BCUT2D eigenvalue weighted by atomic mass is 10.1. The van der Waals surface area contributed by atoms with Crippen molar-refractivity contribution in [2.24, 2.45) is 7.05 Å². The van der Waals surface area contributed by atoms with Crippen LogP contribution >= 0.6 is 0 Å². The molecule has 0 saturated carbocycles. The summed E-state index contributed by atoms with van der Waals surface area (Å²) in [5.41, 5.74) is 3.10. The van der Waals surface area contributed by atoms with Crippen LogP contribution in [0.5, 0.6) is 5.75 Å². The summed E-state index contributed by atoms with van der Waals surface area (Å²) >= 11 is 0. The van der Waals surface area contributed by atoms with Gasteiger partial charge in [0.15, 0.2) is 0 Å². The number of rotatable bonds is 1. The lowest BCUT2D eigenvalue weighted by molar-refractivity contribution is 0.471. The van der Waals surface area contributed by atoms with Crippen LogP contribution in [0, 0.1) is 6.92 Å². The molecule has 3 rings (SSSR count). The molecule has 0 radical (unpaired) electrons. The van der Waals surface area contributed by atoms with Gasteiger partial charge in [-0.2, -0.15) is 0 Å². The number of benzene rings is 2. The molecule has 0 aliphatic carbocycles. The van der Waals surface area contributed by atoms with Crippen LogP contribution in [0.3, 0.4) is 0 Å². The molecule has 0 unspecified atom stereocenters. The Morgan fingerprint density at radius 1 is 1.15 bits per heavy atom. The van der Waals surface area contributed by atoms with Crippen molar-refractivity contribution < 1.29 is 5.11 Å². The molecule has 0 saturated heterocycles. The number of phenols is 1. The average molecular weight is 266 g/mol. The van der Waals surface area contributed by atoms with Crippen LogP contribution in [0.2, 0.25) is 0 Å². The van der Waals surface area contributed by atoms with E-state index in [2.05, 4.69) is 4.98 Å². The number of aromatic hydroxyl groups is 1. The van der Waals surface area contributed by atoms with E-state index in [9.17, 15) is 9.90 Å². The van der Waals surface area contributed by atoms with Gasteiger partial charge < -0.3 is 9.67 Å². The maximum atomic E-state index is 12.4. The Morgan fingerprint density at radius 2 is 1.85 bits per heavy atom. The van der Waals surface area contributed by atoms with E-state index in [-0.39, 0.29) is 11.3 Å². The van der Waals surface area contributed by atoms with Gasteiger partial charge in [0.1, 0.15) is 11.4 Å². The molecule has 4 heteroatoms. The first-order chi connectivity index (χ1) is 9.58. The van der Waals surface area contributed by atoms with E-state index in [4.69, 9.17) is 0 Å². The summed E-state index contributed by atoms with van der Waals surface area (Å²) in [4.78, 5) is 16.9. The van der Waals surface area contributed by atoms with E-state index in [0.29, 0.717) is 16.7 Å². The molecule has 1 aromatic heterocycles. The van der Waals surface area contributed by atoms with Crippen molar-refractivity contribution in [3.05, 3.63) is 58.4 Å². The molecule has 0 aliphatic heterocycles. The second-order valence-electron chi connectivity index (χ2n) is 4.82. The quantitative estimate of drug-likeness (QED) is 0.736. The maximum absolute atomic E-state index is 12.4. The third kappa shape index (κ3) is 1.86. The van der Waals surface area contributed by atoms with Crippen molar-refractivity contribution in [2.45, 2.75) is 6.92 Å². The van der Waals surface area contributed by atoms with Gasteiger partial charge in [-0.15, -0.1) is 0 Å². The third-order valence-corrected chi connectivity index (χ3v) is 3.44. The summed E-state index contributed by atoms with van der Waals surface area (Å²) in [5.74, 6) is 0.168. The van der Waals surface area contributed by atoms with E-state index < -0.39 is 0 Å². The van der Waals surface area contributed by atoms with E-state index in [1.807, 2.05) is 37.3 Å². The second-order valence-corrected chi connectivity index (χ2v) is 4.82. The minimum Gasteiger partial charge on any atom is -0.508 e. The molecule has 20 heavy (non-hydrogen) atoms. The number of phenolic OH excluding ortho intramolecular Hbond substituents is 1. The number of aryl methyl sites for hydroxylation is 2. The van der Waals surface area contributed by atoms with Gasteiger partial charge in [0.25, 0.3) is 5.56 Å². The van der Waals surface area contributed by atoms with Crippen LogP contribution in [0.1, 0.15) is 5.56 Å². The maximum Gasteiger partial charge on any atom is 0.277 e. The van der Waals surface area contributed by atoms with Crippen LogP contribution in [-0.2, 0) is 7.05 Å². The zero-order valence-corrected chi connectivity index (χ0v) is 11.3. The van der Waals surface area contributed by atoms with Gasteiger partial charge in [0.05, 0.1) is 11.0 Å². The molecule has 4 nitrogen and oxygen atoms in total. The zero-order chi connectivity index (χ0) is 14.3. The molecule has 0 aliphatic rings. The fourth-order valence-corrected chi connectivity index (χ4v) is 2.25. The number of nitrogens with zero attached hydrogens (tertiary/aromatic N) is 2. The van der Waals surface area contributed by atoms with Crippen molar-refractivity contribution in [3.63, 3.8) is 0 Å². The topological polar surface area (TPSA) is 55.1 Å². The molecule has 0 fully saturated rings. The lowest BCUT2D eigenvalue weighted by Crippen LogP contribution is -2.20. The third-order valence-electron chi connectivity index (χ3n) is 3.44. The lowest BCUT2D eigenvalue weighted by Gasteiger charge is -2.09. The standard InChI is InChI=1S/C16H14N2O2/c1-10-8-12-13(9-14(10)19)18(2)16(20)15(17-12)11-6-4-3-5-7-11/h3-9,19H,1-2H3. The molecule has 1 heterocycles. The zero-order valence-electron chi connectivity index (χ0n) is 11.3. The fourth-order valence-electron chi connectivity index (χ4n) is 2.25. The Kier molecular flexibility index (Phi) is 2.79. The predicted octanol–water partition coefficient (Wildman–Crippen LogP) is 2.61. The fraction of sp³-hybridized carbons (Fsp3) is 0.125. The summed E-state index contributed by atoms with van der Waals surface area (Å²) in [6, 6.07) is 12.7. The summed E-state index contributed by atoms with van der Waals surface area (Å²) in [6.07, 6.45) is 0. The molecule has 100 valence electrons. The van der Waals surface area contributed by atoms with Crippen LogP contribution < -0.4 is 5.56 Å².